The maximum atomic E-state index is 12.7. The van der Waals surface area contributed by atoms with Crippen molar-refractivity contribution in [1.82, 2.24) is 24.9 Å². The van der Waals surface area contributed by atoms with Gasteiger partial charge in [-0.3, -0.25) is 14.3 Å². The molecule has 0 saturated heterocycles. The first-order valence-electron chi connectivity index (χ1n) is 9.33. The van der Waals surface area contributed by atoms with Crippen molar-refractivity contribution in [2.24, 2.45) is 7.05 Å². The Morgan fingerprint density at radius 2 is 1.90 bits per heavy atom. The fourth-order valence-corrected chi connectivity index (χ4v) is 3.27. The van der Waals surface area contributed by atoms with Crippen molar-refractivity contribution in [2.75, 3.05) is 7.11 Å². The quantitative estimate of drug-likeness (QED) is 0.691. The lowest BCUT2D eigenvalue weighted by atomic mass is 10.1. The van der Waals surface area contributed by atoms with Gasteiger partial charge in [-0.25, -0.2) is 4.68 Å². The summed E-state index contributed by atoms with van der Waals surface area (Å²) in [5, 5.41) is 11.7. The van der Waals surface area contributed by atoms with Crippen molar-refractivity contribution >= 4 is 5.91 Å². The minimum atomic E-state index is -0.769. The highest BCUT2D eigenvalue weighted by Gasteiger charge is 2.20. The Bertz CT molecular complexity index is 1100. The molecule has 0 aliphatic rings. The highest BCUT2D eigenvalue weighted by molar-refractivity contribution is 5.79. The van der Waals surface area contributed by atoms with Gasteiger partial charge in [0.2, 0.25) is 5.91 Å². The highest BCUT2D eigenvalue weighted by Crippen LogP contribution is 2.24. The van der Waals surface area contributed by atoms with E-state index in [0.717, 1.165) is 22.5 Å². The molecule has 0 saturated carbocycles. The number of aryl methyl sites for hydroxylation is 2. The maximum Gasteiger partial charge on any atom is 0.267 e. The van der Waals surface area contributed by atoms with E-state index in [1.165, 1.54) is 10.7 Å². The van der Waals surface area contributed by atoms with Crippen molar-refractivity contribution in [3.63, 3.8) is 0 Å². The van der Waals surface area contributed by atoms with Gasteiger partial charge < -0.3 is 10.1 Å². The largest absolute Gasteiger partial charge is 0.496 e. The molecule has 3 rings (SSSR count). The molecule has 3 aromatic rings. The molecule has 1 N–H and O–H groups in total. The molecule has 8 nitrogen and oxygen atoms in total. The fourth-order valence-electron chi connectivity index (χ4n) is 3.27. The van der Waals surface area contributed by atoms with Gasteiger partial charge in [-0.05, 0) is 32.9 Å². The number of methoxy groups -OCH3 is 1. The molecule has 2 heterocycles. The highest BCUT2D eigenvalue weighted by atomic mass is 16.5. The standard InChI is InChI=1S/C21H25N5O3/c1-13-20(14(2)25(4)23-13)17-10-11-19(27)26(24-17)15(3)21(28)22-12-16-8-6-7-9-18(16)29-5/h6-11,15H,12H2,1-5H3,(H,22,28)/t15-/m1/s1. The van der Waals surface area contributed by atoms with Gasteiger partial charge in [0.15, 0.2) is 0 Å². The second-order valence-corrected chi connectivity index (χ2v) is 6.88. The molecule has 2 aromatic heterocycles. The number of nitrogens with zero attached hydrogens (tertiary/aromatic N) is 4. The number of carbonyl (C=O) groups excluding carboxylic acids is 1. The molecule has 0 radical (unpaired) electrons. The predicted molar refractivity (Wildman–Crippen MR) is 110 cm³/mol. The monoisotopic (exact) mass is 395 g/mol. The van der Waals surface area contributed by atoms with E-state index < -0.39 is 6.04 Å². The Kier molecular flexibility index (Phi) is 5.81. The molecule has 0 spiro atoms. The van der Waals surface area contributed by atoms with Crippen molar-refractivity contribution in [3.8, 4) is 17.0 Å². The second kappa shape index (κ2) is 8.30. The van der Waals surface area contributed by atoms with Crippen LogP contribution in [0.4, 0.5) is 0 Å². The zero-order chi connectivity index (χ0) is 21.1. The lowest BCUT2D eigenvalue weighted by molar-refractivity contribution is -0.124. The zero-order valence-corrected chi connectivity index (χ0v) is 17.3. The molecule has 0 unspecified atom stereocenters. The minimum absolute atomic E-state index is 0.294. The fraction of sp³-hybridized carbons (Fsp3) is 0.333. The van der Waals surface area contributed by atoms with Crippen molar-refractivity contribution in [3.05, 3.63) is 63.7 Å². The molecule has 152 valence electrons. The lowest BCUT2D eigenvalue weighted by Gasteiger charge is -2.16. The normalized spacial score (nSPS) is 11.9. The van der Waals surface area contributed by atoms with Gasteiger partial charge in [0, 0.05) is 36.5 Å². The summed E-state index contributed by atoms with van der Waals surface area (Å²) >= 11 is 0. The van der Waals surface area contributed by atoms with E-state index in [4.69, 9.17) is 4.74 Å². The van der Waals surface area contributed by atoms with Gasteiger partial charge in [0.25, 0.3) is 5.56 Å². The number of benzene rings is 1. The molecular formula is C21H25N5O3. The first-order chi connectivity index (χ1) is 13.8. The van der Waals surface area contributed by atoms with Crippen LogP contribution in [0.2, 0.25) is 0 Å². The lowest BCUT2D eigenvalue weighted by Crippen LogP contribution is -2.36. The Balaban J connectivity index is 1.84. The number of rotatable bonds is 6. The van der Waals surface area contributed by atoms with Gasteiger partial charge in [-0.15, -0.1) is 0 Å². The van der Waals surface area contributed by atoms with E-state index in [2.05, 4.69) is 15.5 Å². The minimum Gasteiger partial charge on any atom is -0.496 e. The van der Waals surface area contributed by atoms with Crippen molar-refractivity contribution in [1.29, 1.82) is 0 Å². The van der Waals surface area contributed by atoms with Crippen LogP contribution in [0.15, 0.2) is 41.2 Å². The van der Waals surface area contributed by atoms with Crippen LogP contribution in [0.3, 0.4) is 0 Å². The van der Waals surface area contributed by atoms with Crippen LogP contribution >= 0.6 is 0 Å². The average Bonchev–Trinajstić information content (AvgIpc) is 2.97. The van der Waals surface area contributed by atoms with Crippen LogP contribution < -0.4 is 15.6 Å². The van der Waals surface area contributed by atoms with Gasteiger partial charge in [0.05, 0.1) is 18.5 Å². The van der Waals surface area contributed by atoms with Crippen LogP contribution in [0.1, 0.15) is 29.9 Å². The summed E-state index contributed by atoms with van der Waals surface area (Å²) in [5.41, 5.74) is 3.74. The number of amides is 1. The molecule has 29 heavy (non-hydrogen) atoms. The van der Waals surface area contributed by atoms with Crippen LogP contribution in [-0.4, -0.2) is 32.6 Å². The first-order valence-corrected chi connectivity index (χ1v) is 9.33. The van der Waals surface area contributed by atoms with Crippen LogP contribution in [-0.2, 0) is 18.4 Å². The predicted octanol–water partition coefficient (Wildman–Crippen LogP) is 2.15. The third-order valence-electron chi connectivity index (χ3n) is 4.98. The zero-order valence-electron chi connectivity index (χ0n) is 17.3. The maximum absolute atomic E-state index is 12.7. The van der Waals surface area contributed by atoms with Crippen LogP contribution in [0.25, 0.3) is 11.3 Å². The molecule has 8 heteroatoms. The van der Waals surface area contributed by atoms with E-state index in [1.807, 2.05) is 45.2 Å². The van der Waals surface area contributed by atoms with Crippen LogP contribution in [0.5, 0.6) is 5.75 Å². The second-order valence-electron chi connectivity index (χ2n) is 6.88. The van der Waals surface area contributed by atoms with Gasteiger partial charge >= 0.3 is 0 Å². The topological polar surface area (TPSA) is 91.0 Å². The Hall–Kier alpha value is -3.42. The number of nitrogens with one attached hydrogen (secondary N) is 1. The summed E-state index contributed by atoms with van der Waals surface area (Å²) in [4.78, 5) is 25.1. The van der Waals surface area contributed by atoms with E-state index in [-0.39, 0.29) is 11.5 Å². The van der Waals surface area contributed by atoms with Gasteiger partial charge in [-0.2, -0.15) is 10.2 Å². The molecule has 1 amide bonds. The van der Waals surface area contributed by atoms with E-state index in [1.54, 1.807) is 24.8 Å². The number of hydrogen-bond donors (Lipinski definition) is 1. The molecule has 1 aromatic carbocycles. The van der Waals surface area contributed by atoms with Crippen molar-refractivity contribution < 1.29 is 9.53 Å². The third kappa shape index (κ3) is 4.06. The third-order valence-corrected chi connectivity index (χ3v) is 4.98. The van der Waals surface area contributed by atoms with E-state index >= 15 is 0 Å². The molecule has 0 aliphatic carbocycles. The number of hydrogen-bond acceptors (Lipinski definition) is 5. The van der Waals surface area contributed by atoms with E-state index in [9.17, 15) is 9.59 Å². The van der Waals surface area contributed by atoms with Gasteiger partial charge in [0.1, 0.15) is 11.8 Å². The van der Waals surface area contributed by atoms with Crippen LogP contribution in [0, 0.1) is 13.8 Å². The summed E-state index contributed by atoms with van der Waals surface area (Å²) in [6, 6.07) is 9.77. The van der Waals surface area contributed by atoms with Crippen molar-refractivity contribution in [2.45, 2.75) is 33.4 Å². The summed E-state index contributed by atoms with van der Waals surface area (Å²) in [7, 11) is 3.44. The van der Waals surface area contributed by atoms with E-state index in [0.29, 0.717) is 18.0 Å². The molecule has 0 fully saturated rings. The molecule has 0 bridgehead atoms. The number of ether oxygens (including phenoxy) is 1. The Labute approximate surface area is 169 Å². The average molecular weight is 395 g/mol. The SMILES string of the molecule is COc1ccccc1CNC(=O)[C@@H](C)n1nc(-c2c(C)nn(C)c2C)ccc1=O. The smallest absolute Gasteiger partial charge is 0.267 e. The molecule has 0 aliphatic heterocycles. The first kappa shape index (κ1) is 20.3. The summed E-state index contributed by atoms with van der Waals surface area (Å²) in [6.07, 6.45) is 0. The molecular weight excluding hydrogens is 370 g/mol. The number of carbonyl (C=O) groups is 1. The molecule has 1 atom stereocenters. The summed E-state index contributed by atoms with van der Waals surface area (Å²) in [6.45, 7) is 5.78. The number of para-hydroxylation sites is 1. The van der Waals surface area contributed by atoms with Gasteiger partial charge in [-0.1, -0.05) is 18.2 Å². The summed E-state index contributed by atoms with van der Waals surface area (Å²) in [5.74, 6) is 0.391. The Morgan fingerprint density at radius 3 is 2.55 bits per heavy atom. The summed E-state index contributed by atoms with van der Waals surface area (Å²) < 4.78 is 8.28. The Morgan fingerprint density at radius 1 is 1.17 bits per heavy atom. The number of aromatic nitrogens is 4.